The molecule has 12 rings (SSSR count). The van der Waals surface area contributed by atoms with Gasteiger partial charge in [-0.3, -0.25) is 0 Å². The summed E-state index contributed by atoms with van der Waals surface area (Å²) in [6.45, 7) is 4.31. The van der Waals surface area contributed by atoms with Gasteiger partial charge in [-0.2, -0.15) is 0 Å². The standard InChI is InChI=1S/C37H30N2.C25H22/c1-25-8-7-9-27-14-18-31-32(23-27)28(15-12-25)16-20-37(31)39(29-10-5-4-6-11-29)30-17-21-36-34(24-30)33-22-26(2)13-19-35(33)38(36)3;1-2-6-18(7-3-1)8-4-9-19-12-13-22-15-14-20-10-5-11-21-16-17-23(19)25(22)24(20)21/h4-24H,1-3H3;1-3,5-7,11-14,16-17H,4,8-10,15H2. The highest BCUT2D eigenvalue weighted by Crippen LogP contribution is 2.44. The van der Waals surface area contributed by atoms with Crippen molar-refractivity contribution in [3.63, 3.8) is 0 Å². The SMILES string of the molecule is C1=Cc2ccc3c(CCCc4ccccc4)ccc4c3c2C(=CC4)C1.Cc1cccc2ccc3c(N(c4ccccc4)c4ccc5c(c4)c4cc(C)ccc4n5C)ccc(cc1)c3c2. The van der Waals surface area contributed by atoms with Crippen LogP contribution in [0.5, 0.6) is 0 Å². The molecule has 0 amide bonds. The number of hydrogen-bond donors (Lipinski definition) is 0. The van der Waals surface area contributed by atoms with E-state index in [2.05, 4.69) is 231 Å². The van der Waals surface area contributed by atoms with Crippen LogP contribution in [0.15, 0.2) is 194 Å². The molecule has 2 bridgehead atoms. The first kappa shape index (κ1) is 39.4. The Morgan fingerprint density at radius 1 is 0.531 bits per heavy atom. The van der Waals surface area contributed by atoms with Gasteiger partial charge >= 0.3 is 0 Å². The Morgan fingerprint density at radius 3 is 2.16 bits per heavy atom. The second kappa shape index (κ2) is 16.7. The molecular weight excluding hydrogens is 773 g/mol. The number of benzene rings is 8. The Morgan fingerprint density at radius 2 is 1.30 bits per heavy atom. The zero-order valence-corrected chi connectivity index (χ0v) is 37.0. The highest BCUT2D eigenvalue weighted by molar-refractivity contribution is 6.12. The number of hydrogen-bond acceptors (Lipinski definition) is 1. The van der Waals surface area contributed by atoms with E-state index in [1.165, 1.54) is 111 Å². The van der Waals surface area contributed by atoms with Gasteiger partial charge in [-0.05, 0) is 161 Å². The van der Waals surface area contributed by atoms with Gasteiger partial charge in [-0.25, -0.2) is 0 Å². The molecular formula is C62H52N2. The Labute approximate surface area is 376 Å². The fourth-order valence-corrected chi connectivity index (χ4v) is 10.3. The van der Waals surface area contributed by atoms with Crippen molar-refractivity contribution in [3.8, 4) is 0 Å². The van der Waals surface area contributed by atoms with Gasteiger partial charge < -0.3 is 9.47 Å². The third kappa shape index (κ3) is 7.29. The van der Waals surface area contributed by atoms with Crippen LogP contribution in [0.2, 0.25) is 0 Å². The van der Waals surface area contributed by atoms with Gasteiger partial charge in [0.05, 0.1) is 5.69 Å². The van der Waals surface area contributed by atoms with Crippen LogP contribution in [-0.2, 0) is 26.3 Å². The predicted molar refractivity (Wildman–Crippen MR) is 276 cm³/mol. The minimum atomic E-state index is 1.08. The van der Waals surface area contributed by atoms with Crippen LogP contribution in [0.25, 0.3) is 65.8 Å². The quantitative estimate of drug-likeness (QED) is 0.155. The van der Waals surface area contributed by atoms with Crippen LogP contribution in [0.3, 0.4) is 0 Å². The predicted octanol–water partition coefficient (Wildman–Crippen LogP) is 16.7. The fraction of sp³-hybridized carbons (Fsp3) is 0.129. The molecule has 9 aromatic carbocycles. The number of aryl methyl sites for hydroxylation is 5. The molecule has 0 spiro atoms. The van der Waals surface area contributed by atoms with Gasteiger partial charge in [0, 0.05) is 45.6 Å². The Bertz CT molecular complexity index is 3500. The van der Waals surface area contributed by atoms with Crippen LogP contribution < -0.4 is 4.90 Å². The van der Waals surface area contributed by atoms with E-state index in [1.807, 2.05) is 0 Å². The Hall–Kier alpha value is -7.42. The van der Waals surface area contributed by atoms with Crippen LogP contribution in [0.1, 0.15) is 51.8 Å². The van der Waals surface area contributed by atoms with E-state index in [0.717, 1.165) is 37.1 Å². The van der Waals surface area contributed by atoms with E-state index < -0.39 is 0 Å². The monoisotopic (exact) mass is 824 g/mol. The molecule has 2 nitrogen and oxygen atoms in total. The summed E-state index contributed by atoms with van der Waals surface area (Å²) in [5.74, 6) is 0. The van der Waals surface area contributed by atoms with Gasteiger partial charge in [0.1, 0.15) is 0 Å². The van der Waals surface area contributed by atoms with Crippen LogP contribution >= 0.6 is 0 Å². The molecule has 0 unspecified atom stereocenters. The first-order valence-corrected chi connectivity index (χ1v) is 22.9. The first-order chi connectivity index (χ1) is 31.5. The number of aromatic nitrogens is 1. The number of para-hydroxylation sites is 1. The van der Waals surface area contributed by atoms with Gasteiger partial charge in [-0.15, -0.1) is 0 Å². The van der Waals surface area contributed by atoms with Crippen molar-refractivity contribution in [2.24, 2.45) is 7.05 Å². The van der Waals surface area contributed by atoms with E-state index in [-0.39, 0.29) is 0 Å². The van der Waals surface area contributed by atoms with Gasteiger partial charge in [-0.1, -0.05) is 157 Å². The van der Waals surface area contributed by atoms with Crippen molar-refractivity contribution in [1.29, 1.82) is 0 Å². The third-order valence-electron chi connectivity index (χ3n) is 13.6. The molecule has 0 radical (unpaired) electrons. The van der Waals surface area contributed by atoms with E-state index in [0.29, 0.717) is 0 Å². The molecule has 10 aromatic rings. The zero-order chi connectivity index (χ0) is 43.1. The molecule has 2 heteroatoms. The average Bonchev–Trinajstić information content (AvgIpc) is 3.61. The summed E-state index contributed by atoms with van der Waals surface area (Å²) in [6, 6.07) is 66.8. The van der Waals surface area contributed by atoms with Crippen molar-refractivity contribution in [3.05, 3.63) is 233 Å². The third-order valence-corrected chi connectivity index (χ3v) is 13.6. The number of anilines is 3. The summed E-state index contributed by atoms with van der Waals surface area (Å²) >= 11 is 0. The fourth-order valence-electron chi connectivity index (χ4n) is 10.3. The topological polar surface area (TPSA) is 8.17 Å². The molecule has 310 valence electrons. The maximum absolute atomic E-state index is 2.43. The van der Waals surface area contributed by atoms with Crippen LogP contribution in [0, 0.1) is 13.8 Å². The summed E-state index contributed by atoms with van der Waals surface area (Å²) in [4.78, 5) is 2.40. The second-order valence-electron chi connectivity index (χ2n) is 17.7. The molecule has 0 aliphatic heterocycles. The summed E-state index contributed by atoms with van der Waals surface area (Å²) < 4.78 is 2.30. The molecule has 2 aliphatic rings. The largest absolute Gasteiger partial charge is 0.344 e. The van der Waals surface area contributed by atoms with Gasteiger partial charge in [0.25, 0.3) is 0 Å². The minimum Gasteiger partial charge on any atom is -0.344 e. The van der Waals surface area contributed by atoms with E-state index in [9.17, 15) is 0 Å². The van der Waals surface area contributed by atoms with Crippen molar-refractivity contribution in [2.45, 2.75) is 46.0 Å². The molecule has 0 saturated carbocycles. The molecule has 0 N–H and O–H groups in total. The highest BCUT2D eigenvalue weighted by atomic mass is 15.1. The zero-order valence-electron chi connectivity index (χ0n) is 37.0. The lowest BCUT2D eigenvalue weighted by atomic mass is 9.80. The van der Waals surface area contributed by atoms with E-state index in [1.54, 1.807) is 0 Å². The van der Waals surface area contributed by atoms with Crippen molar-refractivity contribution in [1.82, 2.24) is 4.57 Å². The lowest BCUT2D eigenvalue weighted by Crippen LogP contribution is -2.10. The first-order valence-electron chi connectivity index (χ1n) is 22.9. The van der Waals surface area contributed by atoms with Gasteiger partial charge in [0.15, 0.2) is 0 Å². The highest BCUT2D eigenvalue weighted by Gasteiger charge is 2.21. The van der Waals surface area contributed by atoms with Gasteiger partial charge in [0.2, 0.25) is 0 Å². The molecule has 0 saturated heterocycles. The summed E-state index contributed by atoms with van der Waals surface area (Å²) in [6.07, 6.45) is 12.7. The molecule has 1 aromatic heterocycles. The van der Waals surface area contributed by atoms with Crippen molar-refractivity contribution < 1.29 is 0 Å². The number of nitrogens with zero attached hydrogens (tertiary/aromatic N) is 2. The van der Waals surface area contributed by atoms with E-state index in [4.69, 9.17) is 0 Å². The molecule has 1 heterocycles. The Balaban J connectivity index is 0.000000157. The second-order valence-corrected chi connectivity index (χ2v) is 17.7. The average molecular weight is 825 g/mol. The summed E-state index contributed by atoms with van der Waals surface area (Å²) in [5.41, 5.74) is 17.3. The van der Waals surface area contributed by atoms with E-state index >= 15 is 0 Å². The maximum Gasteiger partial charge on any atom is 0.0540 e. The normalized spacial score (nSPS) is 12.7. The molecule has 0 fully saturated rings. The Kier molecular flexibility index (Phi) is 10.3. The summed E-state index contributed by atoms with van der Waals surface area (Å²) in [7, 11) is 2.16. The lowest BCUT2D eigenvalue weighted by Gasteiger charge is -2.27. The number of rotatable bonds is 7. The molecule has 0 atom stereocenters. The maximum atomic E-state index is 2.43. The minimum absolute atomic E-state index is 1.08. The van der Waals surface area contributed by atoms with Crippen LogP contribution in [0.4, 0.5) is 17.1 Å². The van der Waals surface area contributed by atoms with Crippen molar-refractivity contribution >= 4 is 82.8 Å². The number of allylic oxidation sites excluding steroid dienone is 3. The van der Waals surface area contributed by atoms with Crippen molar-refractivity contribution in [2.75, 3.05) is 4.90 Å². The molecule has 2 aliphatic carbocycles. The smallest absolute Gasteiger partial charge is 0.0540 e. The molecule has 64 heavy (non-hydrogen) atoms. The van der Waals surface area contributed by atoms with Crippen LogP contribution in [-0.4, -0.2) is 4.57 Å². The number of fused-ring (bicyclic) bond motifs is 4. The lowest BCUT2D eigenvalue weighted by molar-refractivity contribution is 0.825. The summed E-state index contributed by atoms with van der Waals surface area (Å²) in [5, 5.41) is 10.5.